The Morgan fingerprint density at radius 2 is 2.20 bits per heavy atom. The number of rotatable bonds is 1. The summed E-state index contributed by atoms with van der Waals surface area (Å²) in [6, 6.07) is 8.51. The van der Waals surface area contributed by atoms with Crippen molar-refractivity contribution in [3.8, 4) is 5.75 Å². The van der Waals surface area contributed by atoms with E-state index in [0.717, 1.165) is 18.9 Å². The lowest BCUT2D eigenvalue weighted by Crippen LogP contribution is -2.24. The lowest BCUT2D eigenvalue weighted by Gasteiger charge is -2.27. The Hall–Kier alpha value is -1.02. The molecule has 2 heterocycles. The molecule has 15 heavy (non-hydrogen) atoms. The van der Waals surface area contributed by atoms with Crippen molar-refractivity contribution >= 4 is 0 Å². The van der Waals surface area contributed by atoms with E-state index in [1.54, 1.807) is 0 Å². The molecule has 2 heteroatoms. The number of hydrogen-bond acceptors (Lipinski definition) is 2. The van der Waals surface area contributed by atoms with E-state index >= 15 is 0 Å². The van der Waals surface area contributed by atoms with Gasteiger partial charge in [-0.1, -0.05) is 25.1 Å². The summed E-state index contributed by atoms with van der Waals surface area (Å²) in [4.78, 5) is 2.53. The van der Waals surface area contributed by atoms with E-state index in [1.807, 2.05) is 0 Å². The molecule has 2 aliphatic heterocycles. The third kappa shape index (κ3) is 1.44. The fraction of sp³-hybridized carbons (Fsp3) is 0.538. The second-order valence-electron chi connectivity index (χ2n) is 4.57. The third-order valence-corrected chi connectivity index (χ3v) is 3.74. The Balaban J connectivity index is 1.93. The number of para-hydroxylation sites is 1. The standard InChI is InChI=1S/C13H17NO/c1-2-14-7-10-9-15-13-6-4-3-5-11(13)12(10)8-14/h3-6,10,12H,2,7-9H2,1H3/t10-,12-/m1/s1. The highest BCUT2D eigenvalue weighted by atomic mass is 16.5. The van der Waals surface area contributed by atoms with Crippen LogP contribution in [0.1, 0.15) is 18.4 Å². The molecule has 2 atom stereocenters. The fourth-order valence-corrected chi connectivity index (χ4v) is 2.86. The Bertz CT molecular complexity index is 363. The second kappa shape index (κ2) is 3.53. The minimum absolute atomic E-state index is 0.704. The first-order valence-electron chi connectivity index (χ1n) is 5.82. The van der Waals surface area contributed by atoms with E-state index in [4.69, 9.17) is 4.74 Å². The van der Waals surface area contributed by atoms with Gasteiger partial charge in [0.25, 0.3) is 0 Å². The minimum Gasteiger partial charge on any atom is -0.493 e. The van der Waals surface area contributed by atoms with Gasteiger partial charge in [0.2, 0.25) is 0 Å². The first-order chi connectivity index (χ1) is 7.38. The van der Waals surface area contributed by atoms with Crippen molar-refractivity contribution in [3.63, 3.8) is 0 Å². The predicted molar refractivity (Wildman–Crippen MR) is 60.3 cm³/mol. The van der Waals surface area contributed by atoms with Crippen LogP contribution < -0.4 is 4.74 Å². The normalized spacial score (nSPS) is 29.4. The molecule has 0 aromatic heterocycles. The van der Waals surface area contributed by atoms with Gasteiger partial charge < -0.3 is 9.64 Å². The van der Waals surface area contributed by atoms with Crippen LogP contribution in [-0.4, -0.2) is 31.1 Å². The van der Waals surface area contributed by atoms with Crippen LogP contribution in [0.25, 0.3) is 0 Å². The molecule has 0 saturated carbocycles. The molecule has 1 saturated heterocycles. The van der Waals surface area contributed by atoms with Gasteiger partial charge in [0, 0.05) is 24.9 Å². The highest BCUT2D eigenvalue weighted by molar-refractivity contribution is 5.39. The molecular weight excluding hydrogens is 186 g/mol. The van der Waals surface area contributed by atoms with Crippen LogP contribution in [0.5, 0.6) is 5.75 Å². The molecule has 0 amide bonds. The zero-order valence-electron chi connectivity index (χ0n) is 9.15. The Labute approximate surface area is 90.8 Å². The van der Waals surface area contributed by atoms with Gasteiger partial charge in [-0.05, 0) is 18.2 Å². The minimum atomic E-state index is 0.704. The van der Waals surface area contributed by atoms with Crippen LogP contribution >= 0.6 is 0 Å². The number of hydrogen-bond donors (Lipinski definition) is 0. The number of ether oxygens (including phenoxy) is 1. The highest BCUT2D eigenvalue weighted by Crippen LogP contribution is 2.41. The number of benzene rings is 1. The van der Waals surface area contributed by atoms with E-state index in [9.17, 15) is 0 Å². The van der Waals surface area contributed by atoms with Gasteiger partial charge in [0.05, 0.1) is 6.61 Å². The molecule has 0 radical (unpaired) electrons. The number of nitrogens with zero attached hydrogens (tertiary/aromatic N) is 1. The maximum atomic E-state index is 5.80. The Morgan fingerprint density at radius 1 is 1.33 bits per heavy atom. The molecule has 80 valence electrons. The van der Waals surface area contributed by atoms with E-state index in [-0.39, 0.29) is 0 Å². The smallest absolute Gasteiger partial charge is 0.122 e. The molecule has 1 fully saturated rings. The van der Waals surface area contributed by atoms with Gasteiger partial charge in [-0.3, -0.25) is 0 Å². The molecule has 0 aliphatic carbocycles. The maximum absolute atomic E-state index is 5.80. The van der Waals surface area contributed by atoms with Gasteiger partial charge in [0.1, 0.15) is 5.75 Å². The molecule has 3 rings (SSSR count). The van der Waals surface area contributed by atoms with Crippen LogP contribution in [0.15, 0.2) is 24.3 Å². The van der Waals surface area contributed by atoms with Crippen LogP contribution in [0.4, 0.5) is 0 Å². The van der Waals surface area contributed by atoms with Gasteiger partial charge in [-0.25, -0.2) is 0 Å². The zero-order valence-corrected chi connectivity index (χ0v) is 9.15. The highest BCUT2D eigenvalue weighted by Gasteiger charge is 2.37. The summed E-state index contributed by atoms with van der Waals surface area (Å²) in [5.74, 6) is 2.52. The fourth-order valence-electron chi connectivity index (χ4n) is 2.86. The van der Waals surface area contributed by atoms with Crippen LogP contribution in [0, 0.1) is 5.92 Å². The summed E-state index contributed by atoms with van der Waals surface area (Å²) < 4.78 is 5.80. The number of likely N-dealkylation sites (tertiary alicyclic amines) is 1. The number of likely N-dealkylation sites (N-methyl/N-ethyl adjacent to an activating group) is 1. The van der Waals surface area contributed by atoms with Gasteiger partial charge in [0.15, 0.2) is 0 Å². The lowest BCUT2D eigenvalue weighted by atomic mass is 9.87. The summed E-state index contributed by atoms with van der Waals surface area (Å²) in [7, 11) is 0. The van der Waals surface area contributed by atoms with Crippen LogP contribution in [0.2, 0.25) is 0 Å². The average molecular weight is 203 g/mol. The van der Waals surface area contributed by atoms with Gasteiger partial charge in [-0.2, -0.15) is 0 Å². The molecule has 2 aliphatic rings. The Morgan fingerprint density at radius 3 is 3.07 bits per heavy atom. The van der Waals surface area contributed by atoms with Crippen molar-refractivity contribution in [3.05, 3.63) is 29.8 Å². The predicted octanol–water partition coefficient (Wildman–Crippen LogP) is 2.11. The molecule has 1 aromatic carbocycles. The van der Waals surface area contributed by atoms with Crippen molar-refractivity contribution in [1.82, 2.24) is 4.90 Å². The molecule has 2 nitrogen and oxygen atoms in total. The zero-order chi connectivity index (χ0) is 10.3. The van der Waals surface area contributed by atoms with E-state index in [0.29, 0.717) is 11.8 Å². The van der Waals surface area contributed by atoms with Crippen molar-refractivity contribution in [2.24, 2.45) is 5.92 Å². The first-order valence-corrected chi connectivity index (χ1v) is 5.82. The van der Waals surface area contributed by atoms with Crippen LogP contribution in [-0.2, 0) is 0 Å². The first kappa shape index (κ1) is 9.22. The molecule has 0 spiro atoms. The summed E-state index contributed by atoms with van der Waals surface area (Å²) in [5, 5.41) is 0. The molecular formula is C13H17NO. The largest absolute Gasteiger partial charge is 0.493 e. The van der Waals surface area contributed by atoms with Crippen molar-refractivity contribution < 1.29 is 4.74 Å². The monoisotopic (exact) mass is 203 g/mol. The van der Waals surface area contributed by atoms with E-state index < -0.39 is 0 Å². The van der Waals surface area contributed by atoms with Gasteiger partial charge in [-0.15, -0.1) is 0 Å². The topological polar surface area (TPSA) is 12.5 Å². The molecule has 0 unspecified atom stereocenters. The van der Waals surface area contributed by atoms with Crippen LogP contribution in [0.3, 0.4) is 0 Å². The summed E-state index contributed by atoms with van der Waals surface area (Å²) in [5.41, 5.74) is 1.42. The molecule has 0 N–H and O–H groups in total. The molecule has 1 aromatic rings. The summed E-state index contributed by atoms with van der Waals surface area (Å²) in [6.45, 7) is 6.72. The second-order valence-corrected chi connectivity index (χ2v) is 4.57. The quantitative estimate of drug-likeness (QED) is 0.693. The number of fused-ring (bicyclic) bond motifs is 3. The van der Waals surface area contributed by atoms with E-state index in [2.05, 4.69) is 36.1 Å². The van der Waals surface area contributed by atoms with Crippen molar-refractivity contribution in [2.75, 3.05) is 26.2 Å². The van der Waals surface area contributed by atoms with Crippen molar-refractivity contribution in [1.29, 1.82) is 0 Å². The summed E-state index contributed by atoms with van der Waals surface area (Å²) >= 11 is 0. The maximum Gasteiger partial charge on any atom is 0.122 e. The SMILES string of the molecule is CCN1C[C@@H]2COc3ccccc3[C@@H]2C1. The summed E-state index contributed by atoms with van der Waals surface area (Å²) in [6.07, 6.45) is 0. The lowest BCUT2D eigenvalue weighted by molar-refractivity contribution is 0.213. The van der Waals surface area contributed by atoms with E-state index in [1.165, 1.54) is 18.7 Å². The third-order valence-electron chi connectivity index (χ3n) is 3.74. The van der Waals surface area contributed by atoms with Gasteiger partial charge >= 0.3 is 0 Å². The van der Waals surface area contributed by atoms with Crippen molar-refractivity contribution in [2.45, 2.75) is 12.8 Å². The average Bonchev–Trinajstić information content (AvgIpc) is 2.72. The molecule has 0 bridgehead atoms. The Kier molecular flexibility index (Phi) is 2.17.